The van der Waals surface area contributed by atoms with Crippen LogP contribution in [0, 0.1) is 0 Å². The average Bonchev–Trinajstić information content (AvgIpc) is 2.76. The highest BCUT2D eigenvalue weighted by Gasteiger charge is 2.18. The van der Waals surface area contributed by atoms with Gasteiger partial charge in [-0.2, -0.15) is 0 Å². The molecule has 1 atom stereocenters. The first-order valence-electron chi connectivity index (χ1n) is 6.32. The summed E-state index contributed by atoms with van der Waals surface area (Å²) in [5, 5.41) is 0. The van der Waals surface area contributed by atoms with E-state index in [-0.39, 0.29) is 0 Å². The van der Waals surface area contributed by atoms with Crippen molar-refractivity contribution in [2.75, 3.05) is 26.2 Å². The summed E-state index contributed by atoms with van der Waals surface area (Å²) in [6.07, 6.45) is 2.41. The lowest BCUT2D eigenvalue weighted by Crippen LogP contribution is -2.22. The fourth-order valence-electron chi connectivity index (χ4n) is 2.14. The Morgan fingerprint density at radius 1 is 1.29 bits per heavy atom. The Balaban J connectivity index is 1.52. The van der Waals surface area contributed by atoms with E-state index >= 15 is 0 Å². The molecule has 1 fully saturated rings. The van der Waals surface area contributed by atoms with Crippen molar-refractivity contribution in [3.8, 4) is 0 Å². The molecule has 1 heterocycles. The van der Waals surface area contributed by atoms with E-state index in [1.165, 1.54) is 25.1 Å². The lowest BCUT2D eigenvalue weighted by atomic mass is 10.2. The Bertz CT molecular complexity index is 317. The second-order valence-electron chi connectivity index (χ2n) is 4.58. The number of ether oxygens (including phenoxy) is 1. The summed E-state index contributed by atoms with van der Waals surface area (Å²) in [4.78, 5) is 3.21. The Kier molecular flexibility index (Phi) is 5.49. The van der Waals surface area contributed by atoms with Crippen molar-refractivity contribution >= 4 is 15.9 Å². The molecule has 0 radical (unpaired) electrons. The minimum absolute atomic E-state index is 0.702. The largest absolute Gasteiger partial charge is 0.377 e. The molecule has 1 unspecified atom stereocenters. The van der Waals surface area contributed by atoms with Gasteiger partial charge in [-0.05, 0) is 24.9 Å². The maximum Gasteiger partial charge on any atom is 0.0716 e. The van der Waals surface area contributed by atoms with Crippen molar-refractivity contribution in [3.63, 3.8) is 0 Å². The third kappa shape index (κ3) is 4.78. The fraction of sp³-hybridized carbons (Fsp3) is 0.571. The van der Waals surface area contributed by atoms with Gasteiger partial charge in [-0.25, -0.2) is 0 Å². The van der Waals surface area contributed by atoms with Crippen LogP contribution in [0.15, 0.2) is 30.3 Å². The van der Waals surface area contributed by atoms with Crippen molar-refractivity contribution < 1.29 is 4.74 Å². The van der Waals surface area contributed by atoms with E-state index in [0.717, 1.165) is 26.2 Å². The topological polar surface area (TPSA) is 12.5 Å². The molecule has 2 nitrogen and oxygen atoms in total. The standard InChI is InChI=1S/C14H20BrNO/c15-14-7-9-16(11-14)8-4-10-17-12-13-5-2-1-3-6-13/h1-3,5-6,14H,4,7-12H2. The quantitative estimate of drug-likeness (QED) is 0.591. The van der Waals surface area contributed by atoms with Crippen LogP contribution in [0.3, 0.4) is 0 Å². The molecular formula is C14H20BrNO. The van der Waals surface area contributed by atoms with Gasteiger partial charge in [-0.15, -0.1) is 0 Å². The molecule has 1 saturated heterocycles. The highest BCUT2D eigenvalue weighted by Crippen LogP contribution is 2.16. The lowest BCUT2D eigenvalue weighted by Gasteiger charge is -2.14. The molecule has 17 heavy (non-hydrogen) atoms. The summed E-state index contributed by atoms with van der Waals surface area (Å²) in [6.45, 7) is 5.18. The van der Waals surface area contributed by atoms with Crippen LogP contribution < -0.4 is 0 Å². The highest BCUT2D eigenvalue weighted by molar-refractivity contribution is 9.09. The minimum atomic E-state index is 0.702. The monoisotopic (exact) mass is 297 g/mol. The predicted octanol–water partition coefficient (Wildman–Crippen LogP) is 3.06. The molecule has 0 bridgehead atoms. The van der Waals surface area contributed by atoms with Gasteiger partial charge in [0.05, 0.1) is 6.61 Å². The van der Waals surface area contributed by atoms with Gasteiger partial charge in [0.15, 0.2) is 0 Å². The summed E-state index contributed by atoms with van der Waals surface area (Å²) >= 11 is 3.66. The van der Waals surface area contributed by atoms with Gasteiger partial charge in [-0.1, -0.05) is 46.3 Å². The Hall–Kier alpha value is -0.380. The first-order chi connectivity index (χ1) is 8.34. The number of benzene rings is 1. The summed E-state index contributed by atoms with van der Waals surface area (Å²) in [5.74, 6) is 0. The van der Waals surface area contributed by atoms with Gasteiger partial charge in [-0.3, -0.25) is 0 Å². The number of nitrogens with zero attached hydrogens (tertiary/aromatic N) is 1. The number of likely N-dealkylation sites (tertiary alicyclic amines) is 1. The lowest BCUT2D eigenvalue weighted by molar-refractivity contribution is 0.111. The van der Waals surface area contributed by atoms with E-state index in [1.54, 1.807) is 0 Å². The maximum absolute atomic E-state index is 5.67. The smallest absolute Gasteiger partial charge is 0.0716 e. The molecule has 94 valence electrons. The zero-order valence-corrected chi connectivity index (χ0v) is 11.7. The number of halogens is 1. The molecule has 1 aliphatic heterocycles. The first kappa shape index (κ1) is 13.1. The van der Waals surface area contributed by atoms with Gasteiger partial charge in [0.1, 0.15) is 0 Å². The highest BCUT2D eigenvalue weighted by atomic mass is 79.9. The van der Waals surface area contributed by atoms with Gasteiger partial charge < -0.3 is 9.64 Å². The van der Waals surface area contributed by atoms with E-state index in [0.29, 0.717) is 4.83 Å². The van der Waals surface area contributed by atoms with Crippen molar-refractivity contribution in [1.82, 2.24) is 4.90 Å². The number of hydrogen-bond donors (Lipinski definition) is 0. The van der Waals surface area contributed by atoms with E-state index in [1.807, 2.05) is 6.07 Å². The molecule has 0 N–H and O–H groups in total. The van der Waals surface area contributed by atoms with Crippen molar-refractivity contribution in [1.29, 1.82) is 0 Å². The van der Waals surface area contributed by atoms with Crippen molar-refractivity contribution in [2.45, 2.75) is 24.3 Å². The molecule has 3 heteroatoms. The third-order valence-corrected chi connectivity index (χ3v) is 3.84. The maximum atomic E-state index is 5.67. The van der Waals surface area contributed by atoms with Crippen LogP contribution in [0.5, 0.6) is 0 Å². The van der Waals surface area contributed by atoms with Crippen LogP contribution in [0.2, 0.25) is 0 Å². The second kappa shape index (κ2) is 7.14. The molecule has 0 amide bonds. The van der Waals surface area contributed by atoms with Crippen LogP contribution in [-0.2, 0) is 11.3 Å². The molecule has 1 aromatic rings. The summed E-state index contributed by atoms with van der Waals surface area (Å²) in [7, 11) is 0. The summed E-state index contributed by atoms with van der Waals surface area (Å²) in [6, 6.07) is 10.4. The average molecular weight is 298 g/mol. The van der Waals surface area contributed by atoms with Crippen LogP contribution in [0.4, 0.5) is 0 Å². The number of alkyl halides is 1. The first-order valence-corrected chi connectivity index (χ1v) is 7.24. The van der Waals surface area contributed by atoms with Gasteiger partial charge in [0.25, 0.3) is 0 Å². The molecule has 1 aromatic carbocycles. The molecule has 0 saturated carbocycles. The molecule has 2 rings (SSSR count). The Morgan fingerprint density at radius 3 is 2.82 bits per heavy atom. The molecule has 0 spiro atoms. The van der Waals surface area contributed by atoms with Gasteiger partial charge in [0.2, 0.25) is 0 Å². The van der Waals surface area contributed by atoms with Crippen LogP contribution in [0.25, 0.3) is 0 Å². The second-order valence-corrected chi connectivity index (χ2v) is 5.87. The van der Waals surface area contributed by atoms with Gasteiger partial charge in [0, 0.05) is 24.5 Å². The zero-order valence-electron chi connectivity index (χ0n) is 10.1. The normalized spacial score (nSPS) is 20.9. The zero-order chi connectivity index (χ0) is 11.9. The van der Waals surface area contributed by atoms with Crippen LogP contribution >= 0.6 is 15.9 Å². The molecule has 0 aromatic heterocycles. The van der Waals surface area contributed by atoms with E-state index in [9.17, 15) is 0 Å². The minimum Gasteiger partial charge on any atom is -0.377 e. The number of rotatable bonds is 6. The molecular weight excluding hydrogens is 278 g/mol. The van der Waals surface area contributed by atoms with Gasteiger partial charge >= 0.3 is 0 Å². The van der Waals surface area contributed by atoms with E-state index in [2.05, 4.69) is 45.1 Å². The molecule has 0 aliphatic carbocycles. The number of hydrogen-bond acceptors (Lipinski definition) is 2. The van der Waals surface area contributed by atoms with Crippen molar-refractivity contribution in [2.24, 2.45) is 0 Å². The summed E-state index contributed by atoms with van der Waals surface area (Å²) in [5.41, 5.74) is 1.26. The summed E-state index contributed by atoms with van der Waals surface area (Å²) < 4.78 is 5.67. The van der Waals surface area contributed by atoms with Crippen LogP contribution in [0.1, 0.15) is 18.4 Å². The van der Waals surface area contributed by atoms with Crippen molar-refractivity contribution in [3.05, 3.63) is 35.9 Å². The van der Waals surface area contributed by atoms with Crippen LogP contribution in [-0.4, -0.2) is 36.0 Å². The van der Waals surface area contributed by atoms with E-state index in [4.69, 9.17) is 4.74 Å². The van der Waals surface area contributed by atoms with E-state index < -0.39 is 0 Å². The molecule has 1 aliphatic rings. The Morgan fingerprint density at radius 2 is 2.12 bits per heavy atom. The predicted molar refractivity (Wildman–Crippen MR) is 74.5 cm³/mol. The third-order valence-electron chi connectivity index (χ3n) is 3.09. The SMILES string of the molecule is BrC1CCN(CCCOCc2ccccc2)C1. The Labute approximate surface area is 112 Å². The fourth-order valence-corrected chi connectivity index (χ4v) is 2.76.